The molecule has 17 nitrogen and oxygen atoms in total. The number of alkyl halides is 1. The lowest BCUT2D eigenvalue weighted by Gasteiger charge is -2.24. The third-order valence-electron chi connectivity index (χ3n) is 3.34. The Morgan fingerprint density at radius 2 is 1.73 bits per heavy atom. The molecule has 7 N–H and O–H groups in total. The van der Waals surface area contributed by atoms with E-state index >= 15 is 0 Å². The van der Waals surface area contributed by atoms with Crippen molar-refractivity contribution in [3.05, 3.63) is 33.1 Å². The summed E-state index contributed by atoms with van der Waals surface area (Å²) in [5.41, 5.74) is -2.01. The van der Waals surface area contributed by atoms with Gasteiger partial charge in [-0.25, -0.2) is 22.9 Å². The predicted octanol–water partition coefficient (Wildman–Crippen LogP) is -2.20. The number of H-pyrrole nitrogens is 1. The maximum atomic E-state index is 14.8. The van der Waals surface area contributed by atoms with E-state index in [1.165, 1.54) is 0 Å². The van der Waals surface area contributed by atoms with E-state index in [0.717, 1.165) is 12.3 Å². The highest BCUT2D eigenvalue weighted by atomic mass is 31.3. The molecular weight excluding hydrogens is 488 g/mol. The van der Waals surface area contributed by atoms with Gasteiger partial charge in [-0.05, 0) is 0 Å². The highest BCUT2D eigenvalue weighted by molar-refractivity contribution is 7.66. The highest BCUT2D eigenvalue weighted by Crippen LogP contribution is 2.66. The summed E-state index contributed by atoms with van der Waals surface area (Å²) in [4.78, 5) is 59.7. The lowest BCUT2D eigenvalue weighted by atomic mass is 10.1. The third-order valence-corrected chi connectivity index (χ3v) is 7.12. The summed E-state index contributed by atoms with van der Waals surface area (Å²) < 4.78 is 64.2. The zero-order valence-electron chi connectivity index (χ0n) is 14.1. The van der Waals surface area contributed by atoms with Gasteiger partial charge >= 0.3 is 29.2 Å². The maximum Gasteiger partial charge on any atom is 0.490 e. The molecule has 2 rings (SSSR count). The number of aromatic nitrogens is 2. The first-order valence-electron chi connectivity index (χ1n) is 7.27. The molecular formula is C9H14FN2O15P3. The van der Waals surface area contributed by atoms with Crippen LogP contribution in [0.1, 0.15) is 6.23 Å². The molecule has 1 aromatic rings. The molecule has 172 valence electrons. The van der Waals surface area contributed by atoms with Crippen molar-refractivity contribution in [2.75, 3.05) is 6.61 Å². The first-order chi connectivity index (χ1) is 13.4. The summed E-state index contributed by atoms with van der Waals surface area (Å²) >= 11 is 0. The summed E-state index contributed by atoms with van der Waals surface area (Å²) in [5, 5.41) is 19.7. The Balaban J connectivity index is 2.15. The summed E-state index contributed by atoms with van der Waals surface area (Å²) in [7, 11) is -17.3. The molecule has 1 aliphatic rings. The van der Waals surface area contributed by atoms with Crippen LogP contribution in [-0.2, 0) is 31.6 Å². The van der Waals surface area contributed by atoms with E-state index in [4.69, 9.17) is 14.7 Å². The van der Waals surface area contributed by atoms with Crippen LogP contribution in [0.2, 0.25) is 0 Å². The van der Waals surface area contributed by atoms with Crippen LogP contribution in [0.5, 0.6) is 0 Å². The van der Waals surface area contributed by atoms with Crippen molar-refractivity contribution < 1.29 is 65.8 Å². The topological polar surface area (TPSA) is 264 Å². The quantitative estimate of drug-likeness (QED) is 0.186. The maximum absolute atomic E-state index is 14.8. The van der Waals surface area contributed by atoms with Gasteiger partial charge in [0.15, 0.2) is 6.23 Å². The van der Waals surface area contributed by atoms with Crippen LogP contribution in [0.15, 0.2) is 21.9 Å². The second-order valence-electron chi connectivity index (χ2n) is 5.61. The minimum Gasteiger partial charge on any atom is -0.385 e. The van der Waals surface area contributed by atoms with Crippen LogP contribution in [0.25, 0.3) is 0 Å². The fourth-order valence-corrected chi connectivity index (χ4v) is 5.23. The van der Waals surface area contributed by atoms with Gasteiger partial charge in [0.05, 0.1) is 0 Å². The Bertz CT molecular complexity index is 1050. The first-order valence-corrected chi connectivity index (χ1v) is 11.8. The van der Waals surface area contributed by atoms with Crippen LogP contribution in [-0.4, -0.2) is 64.0 Å². The molecule has 1 saturated heterocycles. The van der Waals surface area contributed by atoms with Crippen LogP contribution in [0.4, 0.5) is 4.39 Å². The van der Waals surface area contributed by atoms with Gasteiger partial charge in [0.25, 0.3) is 11.4 Å². The lowest BCUT2D eigenvalue weighted by molar-refractivity contribution is -0.204. The zero-order valence-corrected chi connectivity index (χ0v) is 16.8. The molecule has 0 radical (unpaired) electrons. The number of nitrogens with one attached hydrogen (secondary N) is 1. The molecule has 21 heteroatoms. The predicted molar refractivity (Wildman–Crippen MR) is 87.1 cm³/mol. The average molecular weight is 502 g/mol. The number of ether oxygens (including phenoxy) is 1. The van der Waals surface area contributed by atoms with Crippen LogP contribution in [0, 0.1) is 0 Å². The Kier molecular flexibility index (Phi) is 7.08. The number of halogens is 1. The van der Waals surface area contributed by atoms with E-state index in [9.17, 15) is 42.8 Å². The number of hydrogen-bond acceptors (Lipinski definition) is 11. The summed E-state index contributed by atoms with van der Waals surface area (Å²) in [6.07, 6.45) is -5.83. The van der Waals surface area contributed by atoms with Crippen LogP contribution >= 0.6 is 23.5 Å². The van der Waals surface area contributed by atoms with Gasteiger partial charge in [0, 0.05) is 12.3 Å². The second-order valence-corrected chi connectivity index (χ2v) is 10.0. The SMILES string of the molecule is O=c1ccn([C@@H]2O[C@](F)(COP(=O)(O)OP(=O)(O)OP(=O)(O)O)C(O)[C@@H]2O)c(=O)[nH]1. The number of nitrogens with zero attached hydrogens (tertiary/aromatic N) is 1. The van der Waals surface area contributed by atoms with Crippen molar-refractivity contribution in [1.82, 2.24) is 9.55 Å². The molecule has 2 heterocycles. The average Bonchev–Trinajstić information content (AvgIpc) is 2.75. The number of rotatable bonds is 8. The Morgan fingerprint density at radius 1 is 1.13 bits per heavy atom. The zero-order chi connectivity index (χ0) is 23.1. The van der Waals surface area contributed by atoms with E-state index in [-0.39, 0.29) is 0 Å². The van der Waals surface area contributed by atoms with E-state index in [0.29, 0.717) is 4.57 Å². The molecule has 3 unspecified atom stereocenters. The van der Waals surface area contributed by atoms with E-state index in [1.54, 1.807) is 4.98 Å². The number of hydrogen-bond donors (Lipinski definition) is 7. The molecule has 0 amide bonds. The fraction of sp³-hybridized carbons (Fsp3) is 0.556. The van der Waals surface area contributed by atoms with Crippen molar-refractivity contribution in [3.8, 4) is 0 Å². The highest BCUT2D eigenvalue weighted by Gasteiger charge is 2.57. The summed E-state index contributed by atoms with van der Waals surface area (Å²) in [6, 6.07) is 0.800. The monoisotopic (exact) mass is 502 g/mol. The van der Waals surface area contributed by atoms with E-state index < -0.39 is 65.6 Å². The summed E-state index contributed by atoms with van der Waals surface area (Å²) in [5.74, 6) is -3.50. The normalized spacial score (nSPS) is 31.2. The number of aliphatic hydroxyl groups is 2. The van der Waals surface area contributed by atoms with Gasteiger partial charge < -0.3 is 34.5 Å². The number of phosphoric ester groups is 1. The van der Waals surface area contributed by atoms with E-state index in [1.807, 2.05) is 0 Å². The third kappa shape index (κ3) is 6.21. The molecule has 0 spiro atoms. The molecule has 0 aliphatic carbocycles. The van der Waals surface area contributed by atoms with Crippen LogP contribution < -0.4 is 11.2 Å². The second kappa shape index (κ2) is 8.44. The Hall–Kier alpha value is -1.10. The molecule has 30 heavy (non-hydrogen) atoms. The van der Waals surface area contributed by atoms with Crippen molar-refractivity contribution in [3.63, 3.8) is 0 Å². The number of phosphoric acid groups is 3. The molecule has 0 saturated carbocycles. The molecule has 1 aromatic heterocycles. The van der Waals surface area contributed by atoms with Crippen molar-refractivity contribution in [1.29, 1.82) is 0 Å². The largest absolute Gasteiger partial charge is 0.490 e. The molecule has 1 fully saturated rings. The van der Waals surface area contributed by atoms with Crippen molar-refractivity contribution in [2.45, 2.75) is 24.3 Å². The Morgan fingerprint density at radius 3 is 2.27 bits per heavy atom. The standard InChI is InChI=1S/C9H14FN2O15P3/c10-9(3-24-29(20,21)27-30(22,23)26-28(17,18)19)6(15)5(14)7(25-9)12-2-1-4(13)11-8(12)16/h1-2,5-7,14-15H,3H2,(H,20,21)(H,22,23)(H,11,13,16)(H2,17,18,19)/t5-,6?,7+,9+/m0/s1. The fourth-order valence-electron chi connectivity index (χ4n) is 2.19. The van der Waals surface area contributed by atoms with Gasteiger partial charge in [-0.15, -0.1) is 0 Å². The molecule has 0 aromatic carbocycles. The molecule has 1 aliphatic heterocycles. The van der Waals surface area contributed by atoms with Gasteiger partial charge in [-0.2, -0.15) is 8.62 Å². The van der Waals surface area contributed by atoms with Gasteiger partial charge in [0.2, 0.25) is 0 Å². The summed E-state index contributed by atoms with van der Waals surface area (Å²) in [6.45, 7) is -1.75. The van der Waals surface area contributed by atoms with Crippen LogP contribution in [0.3, 0.4) is 0 Å². The minimum atomic E-state index is -5.87. The van der Waals surface area contributed by atoms with Crippen molar-refractivity contribution >= 4 is 23.5 Å². The molecule has 0 bridgehead atoms. The Labute approximate surface area is 163 Å². The van der Waals surface area contributed by atoms with Gasteiger partial charge in [-0.1, -0.05) is 0 Å². The molecule has 6 atom stereocenters. The number of aliphatic hydroxyl groups excluding tert-OH is 2. The van der Waals surface area contributed by atoms with Gasteiger partial charge in [-0.3, -0.25) is 18.9 Å². The first kappa shape index (κ1) is 25.2. The van der Waals surface area contributed by atoms with Crippen molar-refractivity contribution in [2.24, 2.45) is 0 Å². The smallest absolute Gasteiger partial charge is 0.385 e. The number of aromatic amines is 1. The van der Waals surface area contributed by atoms with Gasteiger partial charge in [0.1, 0.15) is 18.8 Å². The van der Waals surface area contributed by atoms with E-state index in [2.05, 4.69) is 17.9 Å². The lowest BCUT2D eigenvalue weighted by Crippen LogP contribution is -2.43. The minimum absolute atomic E-state index is 0.474.